The van der Waals surface area contributed by atoms with Crippen LogP contribution in [0.1, 0.15) is 18.4 Å². The second kappa shape index (κ2) is 7.19. The molecule has 2 rings (SSSR count). The number of amidine groups is 1. The maximum atomic E-state index is 10.6. The standard InChI is InChI=1S/C14H19N3OS/c15-13(18)7-4-8-16-14-17-12(10-19-14)9-11-5-2-1-3-6-11/h1-3,5-6,12H,4,7-10H2,(H2,15,18)(H,16,17). The van der Waals surface area contributed by atoms with E-state index in [0.29, 0.717) is 19.0 Å². The van der Waals surface area contributed by atoms with E-state index >= 15 is 0 Å². The lowest BCUT2D eigenvalue weighted by Gasteiger charge is -2.09. The number of nitrogens with zero attached hydrogens (tertiary/aromatic N) is 1. The molecule has 1 fully saturated rings. The summed E-state index contributed by atoms with van der Waals surface area (Å²) in [5.41, 5.74) is 6.43. The summed E-state index contributed by atoms with van der Waals surface area (Å²) in [6.45, 7) is 0.663. The van der Waals surface area contributed by atoms with Crippen LogP contribution in [0.15, 0.2) is 35.3 Å². The number of carbonyl (C=O) groups is 1. The van der Waals surface area contributed by atoms with Crippen molar-refractivity contribution in [1.82, 2.24) is 5.32 Å². The molecule has 19 heavy (non-hydrogen) atoms. The molecule has 0 saturated carbocycles. The summed E-state index contributed by atoms with van der Waals surface area (Å²) >= 11 is 1.75. The fourth-order valence-corrected chi connectivity index (χ4v) is 2.96. The van der Waals surface area contributed by atoms with Crippen molar-refractivity contribution < 1.29 is 4.79 Å². The minimum atomic E-state index is -0.255. The number of hydrogen-bond donors (Lipinski definition) is 2. The predicted octanol–water partition coefficient (Wildman–Crippen LogP) is 1.56. The molecule has 0 aliphatic carbocycles. The topological polar surface area (TPSA) is 67.5 Å². The fourth-order valence-electron chi connectivity index (χ4n) is 1.97. The summed E-state index contributed by atoms with van der Waals surface area (Å²) < 4.78 is 0. The van der Waals surface area contributed by atoms with E-state index in [1.165, 1.54) is 5.56 Å². The largest absolute Gasteiger partial charge is 0.370 e. The molecule has 1 atom stereocenters. The summed E-state index contributed by atoms with van der Waals surface area (Å²) in [5, 5.41) is 4.42. The highest BCUT2D eigenvalue weighted by Gasteiger charge is 2.19. The number of thioether (sulfide) groups is 1. The molecular formula is C14H19N3OS. The van der Waals surface area contributed by atoms with Gasteiger partial charge in [-0.15, -0.1) is 0 Å². The van der Waals surface area contributed by atoms with Gasteiger partial charge >= 0.3 is 0 Å². The number of hydrogen-bond acceptors (Lipinski definition) is 3. The Morgan fingerprint density at radius 3 is 2.95 bits per heavy atom. The van der Waals surface area contributed by atoms with Crippen LogP contribution in [0.2, 0.25) is 0 Å². The van der Waals surface area contributed by atoms with E-state index in [4.69, 9.17) is 5.73 Å². The first-order valence-corrected chi connectivity index (χ1v) is 7.48. The maximum Gasteiger partial charge on any atom is 0.217 e. The van der Waals surface area contributed by atoms with Crippen molar-refractivity contribution >= 4 is 22.8 Å². The van der Waals surface area contributed by atoms with Gasteiger partial charge in [-0.1, -0.05) is 42.1 Å². The molecule has 1 heterocycles. The molecule has 1 aliphatic heterocycles. The molecule has 1 aromatic rings. The van der Waals surface area contributed by atoms with Gasteiger partial charge in [0.05, 0.1) is 0 Å². The highest BCUT2D eigenvalue weighted by molar-refractivity contribution is 8.14. The lowest BCUT2D eigenvalue weighted by Crippen LogP contribution is -2.29. The van der Waals surface area contributed by atoms with Gasteiger partial charge in [0.2, 0.25) is 5.91 Å². The highest BCUT2D eigenvalue weighted by atomic mass is 32.2. The van der Waals surface area contributed by atoms with E-state index < -0.39 is 0 Å². The summed E-state index contributed by atoms with van der Waals surface area (Å²) in [6.07, 6.45) is 2.16. The maximum absolute atomic E-state index is 10.6. The van der Waals surface area contributed by atoms with Crippen LogP contribution >= 0.6 is 11.8 Å². The average molecular weight is 277 g/mol. The normalized spacial score (nSPS) is 20.4. The third-order valence-electron chi connectivity index (χ3n) is 2.91. The van der Waals surface area contributed by atoms with Gasteiger partial charge in [0, 0.05) is 24.8 Å². The molecule has 4 nitrogen and oxygen atoms in total. The van der Waals surface area contributed by atoms with Crippen molar-refractivity contribution in [3.63, 3.8) is 0 Å². The second-order valence-corrected chi connectivity index (χ2v) is 5.61. The zero-order valence-corrected chi connectivity index (χ0v) is 11.7. The van der Waals surface area contributed by atoms with Crippen molar-refractivity contribution in [2.75, 3.05) is 12.3 Å². The molecule has 1 amide bonds. The van der Waals surface area contributed by atoms with Crippen LogP contribution in [0.25, 0.3) is 0 Å². The van der Waals surface area contributed by atoms with Crippen LogP contribution in [0.3, 0.4) is 0 Å². The third-order valence-corrected chi connectivity index (χ3v) is 4.00. The number of benzene rings is 1. The zero-order valence-electron chi connectivity index (χ0n) is 10.8. The molecule has 102 valence electrons. The number of carbonyl (C=O) groups excluding carboxylic acids is 1. The Labute approximate surface area is 117 Å². The number of nitrogens with one attached hydrogen (secondary N) is 1. The molecule has 0 aromatic heterocycles. The summed E-state index contributed by atoms with van der Waals surface area (Å²) in [4.78, 5) is 15.1. The monoisotopic (exact) mass is 277 g/mol. The summed E-state index contributed by atoms with van der Waals surface area (Å²) in [5.74, 6) is 0.790. The zero-order chi connectivity index (χ0) is 13.5. The molecule has 0 spiro atoms. The molecular weight excluding hydrogens is 258 g/mol. The average Bonchev–Trinajstić information content (AvgIpc) is 2.83. The molecule has 1 saturated heterocycles. The van der Waals surface area contributed by atoms with Crippen LogP contribution in [-0.4, -0.2) is 29.4 Å². The summed E-state index contributed by atoms with van der Waals surface area (Å²) in [6, 6.07) is 10.9. The first-order chi connectivity index (χ1) is 9.24. The van der Waals surface area contributed by atoms with E-state index in [1.54, 1.807) is 11.8 Å². The lowest BCUT2D eigenvalue weighted by atomic mass is 10.1. The lowest BCUT2D eigenvalue weighted by molar-refractivity contribution is -0.118. The number of rotatable bonds is 6. The Bertz CT molecular complexity index is 447. The fraction of sp³-hybridized carbons (Fsp3) is 0.429. The van der Waals surface area contributed by atoms with E-state index in [9.17, 15) is 4.79 Å². The molecule has 5 heteroatoms. The van der Waals surface area contributed by atoms with Gasteiger partial charge in [0.1, 0.15) is 0 Å². The number of nitrogens with two attached hydrogens (primary N) is 1. The van der Waals surface area contributed by atoms with Gasteiger partial charge < -0.3 is 11.1 Å². The molecule has 1 unspecified atom stereocenters. The van der Waals surface area contributed by atoms with E-state index in [-0.39, 0.29) is 5.91 Å². The Balaban J connectivity index is 1.73. The predicted molar refractivity (Wildman–Crippen MR) is 80.3 cm³/mol. The van der Waals surface area contributed by atoms with Crippen molar-refractivity contribution in [2.24, 2.45) is 10.7 Å². The van der Waals surface area contributed by atoms with Crippen molar-refractivity contribution in [1.29, 1.82) is 0 Å². The van der Waals surface area contributed by atoms with Crippen molar-refractivity contribution in [3.05, 3.63) is 35.9 Å². The molecule has 0 radical (unpaired) electrons. The Hall–Kier alpha value is -1.49. The number of primary amides is 1. The second-order valence-electron chi connectivity index (χ2n) is 4.60. The molecule has 1 aliphatic rings. The van der Waals surface area contributed by atoms with Gasteiger partial charge in [0.25, 0.3) is 0 Å². The van der Waals surface area contributed by atoms with Crippen LogP contribution < -0.4 is 11.1 Å². The quantitative estimate of drug-likeness (QED) is 0.775. The first kappa shape index (κ1) is 13.9. The van der Waals surface area contributed by atoms with Gasteiger partial charge in [-0.25, -0.2) is 0 Å². The van der Waals surface area contributed by atoms with Crippen molar-refractivity contribution in [2.45, 2.75) is 25.3 Å². The van der Waals surface area contributed by atoms with Crippen LogP contribution in [0, 0.1) is 0 Å². The van der Waals surface area contributed by atoms with Gasteiger partial charge in [0.15, 0.2) is 5.17 Å². The summed E-state index contributed by atoms with van der Waals surface area (Å²) in [7, 11) is 0. The third kappa shape index (κ3) is 4.95. The highest BCUT2D eigenvalue weighted by Crippen LogP contribution is 2.17. The number of aliphatic imine (C=N–C) groups is 1. The van der Waals surface area contributed by atoms with E-state index in [2.05, 4.69) is 34.6 Å². The van der Waals surface area contributed by atoms with E-state index in [0.717, 1.165) is 23.8 Å². The Morgan fingerprint density at radius 2 is 2.21 bits per heavy atom. The minimum absolute atomic E-state index is 0.255. The number of amides is 1. The Morgan fingerprint density at radius 1 is 1.42 bits per heavy atom. The molecule has 0 bridgehead atoms. The smallest absolute Gasteiger partial charge is 0.217 e. The molecule has 1 aromatic carbocycles. The van der Waals surface area contributed by atoms with Crippen LogP contribution in [-0.2, 0) is 11.2 Å². The SMILES string of the molecule is NC(=O)CCCN=C1NC(Cc2ccccc2)CS1. The van der Waals surface area contributed by atoms with Gasteiger partial charge in [-0.2, -0.15) is 0 Å². The van der Waals surface area contributed by atoms with Crippen LogP contribution in [0.5, 0.6) is 0 Å². The van der Waals surface area contributed by atoms with Crippen LogP contribution in [0.4, 0.5) is 0 Å². The van der Waals surface area contributed by atoms with Crippen molar-refractivity contribution in [3.8, 4) is 0 Å². The Kier molecular flexibility index (Phi) is 5.27. The molecule has 3 N–H and O–H groups in total. The van der Waals surface area contributed by atoms with Gasteiger partial charge in [-0.05, 0) is 18.4 Å². The van der Waals surface area contributed by atoms with E-state index in [1.807, 2.05) is 6.07 Å². The first-order valence-electron chi connectivity index (χ1n) is 6.50. The minimum Gasteiger partial charge on any atom is -0.370 e. The van der Waals surface area contributed by atoms with Gasteiger partial charge in [-0.3, -0.25) is 9.79 Å².